The lowest BCUT2D eigenvalue weighted by Crippen LogP contribution is -2.51. The van der Waals surface area contributed by atoms with Gasteiger partial charge in [0.15, 0.2) is 0 Å². The number of carboxylic acid groups (broad SMARTS) is 4. The number of Topliss-reactive ketones (excluding diaryl/α,β-unsaturated/α-hetero) is 1. The number of carbonyl (C=O) groups is 7. The summed E-state index contributed by atoms with van der Waals surface area (Å²) in [4.78, 5) is 88.6. The van der Waals surface area contributed by atoms with Gasteiger partial charge in [-0.15, -0.1) is 0 Å². The largest absolute Gasteiger partial charge is 0.480 e. The van der Waals surface area contributed by atoms with Crippen LogP contribution < -0.4 is 10.6 Å². The minimum absolute atomic E-state index is 0.107. The van der Waals surface area contributed by atoms with Gasteiger partial charge in [-0.2, -0.15) is 0 Å². The second-order valence-corrected chi connectivity index (χ2v) is 11.1. The van der Waals surface area contributed by atoms with Gasteiger partial charge in [0.25, 0.3) is 0 Å². The van der Waals surface area contributed by atoms with E-state index in [1.165, 1.54) is 6.92 Å². The number of nitrogens with one attached hydrogen (secondary N) is 2. The van der Waals surface area contributed by atoms with Crippen molar-refractivity contribution in [3.8, 4) is 0 Å². The Morgan fingerprint density at radius 3 is 1.34 bits per heavy atom. The fraction of sp³-hybridized carbons (Fsp3) is 0.767. The highest BCUT2D eigenvalue weighted by Crippen LogP contribution is 2.04. The molecule has 0 aromatic heterocycles. The van der Waals surface area contributed by atoms with Crippen molar-refractivity contribution in [1.29, 1.82) is 0 Å². The van der Waals surface area contributed by atoms with Crippen LogP contribution in [0.1, 0.15) is 59.3 Å². The van der Waals surface area contributed by atoms with E-state index in [1.54, 1.807) is 19.6 Å². The van der Waals surface area contributed by atoms with Crippen molar-refractivity contribution in [2.45, 2.75) is 65.3 Å². The van der Waals surface area contributed by atoms with E-state index in [1.807, 2.05) is 13.8 Å². The third-order valence-electron chi connectivity index (χ3n) is 7.19. The van der Waals surface area contributed by atoms with E-state index >= 15 is 0 Å². The Hall–Kier alpha value is -3.67. The zero-order chi connectivity index (χ0) is 35.8. The molecule has 1 aliphatic rings. The molecular formula is C30H54N6O11. The molecule has 0 radical (unpaired) electrons. The summed E-state index contributed by atoms with van der Waals surface area (Å²) in [6.07, 6.45) is 2.41. The van der Waals surface area contributed by atoms with Crippen molar-refractivity contribution in [2.75, 3.05) is 85.1 Å². The molecule has 1 rings (SSSR count). The highest BCUT2D eigenvalue weighted by atomic mass is 16.4. The molecule has 47 heavy (non-hydrogen) atoms. The first-order chi connectivity index (χ1) is 22.2. The first-order valence-electron chi connectivity index (χ1n) is 16.1. The second kappa shape index (κ2) is 25.4. The van der Waals surface area contributed by atoms with Crippen molar-refractivity contribution in [2.24, 2.45) is 0 Å². The quantitative estimate of drug-likeness (QED) is 0.0911. The molecule has 6 N–H and O–H groups in total. The summed E-state index contributed by atoms with van der Waals surface area (Å²) in [7, 11) is 0. The molecule has 17 nitrogen and oxygen atoms in total. The maximum absolute atomic E-state index is 12.9. The van der Waals surface area contributed by atoms with E-state index in [9.17, 15) is 54.0 Å². The average molecular weight is 675 g/mol. The van der Waals surface area contributed by atoms with E-state index in [0.29, 0.717) is 19.4 Å². The SMILES string of the molecule is CC.CC(=O)CCCCCNC(=O)CCC(NC(=O)CN1CCN(CC(=O)O)CCN(CC(=O)O)CCN(CC(=O)O)CC1)C(=O)O. The van der Waals surface area contributed by atoms with Crippen LogP contribution >= 0.6 is 0 Å². The Bertz CT molecular complexity index is 981. The molecule has 1 heterocycles. The summed E-state index contributed by atoms with van der Waals surface area (Å²) < 4.78 is 0. The van der Waals surface area contributed by atoms with Crippen LogP contribution in [-0.4, -0.2) is 173 Å². The van der Waals surface area contributed by atoms with E-state index < -0.39 is 35.8 Å². The highest BCUT2D eigenvalue weighted by molar-refractivity contribution is 5.85. The van der Waals surface area contributed by atoms with E-state index in [-0.39, 0.29) is 103 Å². The molecule has 2 amide bonds. The minimum Gasteiger partial charge on any atom is -0.480 e. The molecule has 1 unspecified atom stereocenters. The highest BCUT2D eigenvalue weighted by Gasteiger charge is 2.24. The smallest absolute Gasteiger partial charge is 0.326 e. The Balaban J connectivity index is 0.0000104. The number of rotatable bonds is 19. The van der Waals surface area contributed by atoms with Crippen LogP contribution in [0, 0.1) is 0 Å². The number of carboxylic acids is 4. The third kappa shape index (κ3) is 23.3. The minimum atomic E-state index is -1.32. The first-order valence-corrected chi connectivity index (χ1v) is 16.1. The number of unbranched alkanes of at least 4 members (excludes halogenated alkanes) is 2. The molecular weight excluding hydrogens is 620 g/mol. The van der Waals surface area contributed by atoms with Gasteiger partial charge >= 0.3 is 23.9 Å². The topological polar surface area (TPSA) is 237 Å². The summed E-state index contributed by atoms with van der Waals surface area (Å²) in [5.41, 5.74) is 0. The number of carbonyl (C=O) groups excluding carboxylic acids is 3. The van der Waals surface area contributed by atoms with Gasteiger partial charge in [0, 0.05) is 71.7 Å². The summed E-state index contributed by atoms with van der Waals surface area (Å²) >= 11 is 0. The molecule has 1 fully saturated rings. The van der Waals surface area contributed by atoms with Crippen LogP contribution in [0.4, 0.5) is 0 Å². The number of hydrogen-bond donors (Lipinski definition) is 6. The van der Waals surface area contributed by atoms with Crippen LogP contribution in [-0.2, 0) is 33.6 Å². The number of aliphatic carboxylic acids is 4. The van der Waals surface area contributed by atoms with Gasteiger partial charge in [0.1, 0.15) is 11.8 Å². The number of amides is 2. The summed E-state index contributed by atoms with van der Waals surface area (Å²) in [5, 5.41) is 42.7. The summed E-state index contributed by atoms with van der Waals surface area (Å²) in [5.74, 6) is -5.40. The van der Waals surface area contributed by atoms with Crippen LogP contribution in [0.5, 0.6) is 0 Å². The molecule has 270 valence electrons. The molecule has 1 aliphatic heterocycles. The lowest BCUT2D eigenvalue weighted by atomic mass is 10.1. The number of ketones is 1. The molecule has 0 aromatic carbocycles. The van der Waals surface area contributed by atoms with Gasteiger partial charge in [-0.05, 0) is 26.2 Å². The predicted molar refractivity (Wildman–Crippen MR) is 171 cm³/mol. The van der Waals surface area contributed by atoms with Crippen molar-refractivity contribution in [1.82, 2.24) is 30.2 Å². The second-order valence-electron chi connectivity index (χ2n) is 11.1. The Morgan fingerprint density at radius 1 is 0.574 bits per heavy atom. The third-order valence-corrected chi connectivity index (χ3v) is 7.19. The number of nitrogens with zero attached hydrogens (tertiary/aromatic N) is 4. The van der Waals surface area contributed by atoms with E-state index in [2.05, 4.69) is 10.6 Å². The summed E-state index contributed by atoms with van der Waals surface area (Å²) in [6, 6.07) is -1.32. The number of hydrogen-bond acceptors (Lipinski definition) is 11. The van der Waals surface area contributed by atoms with Gasteiger partial charge in [0.2, 0.25) is 11.8 Å². The predicted octanol–water partition coefficient (Wildman–Crippen LogP) is -0.897. The normalized spacial score (nSPS) is 16.3. The Kier molecular flexibility index (Phi) is 23.4. The first kappa shape index (κ1) is 43.3. The average Bonchev–Trinajstić information content (AvgIpc) is 2.98. The van der Waals surface area contributed by atoms with Gasteiger partial charge in [0.05, 0.1) is 26.2 Å². The maximum atomic E-state index is 12.9. The standard InChI is InChI=1S/C28H48N6O11.C2H6/c1-21(35)5-3-2-4-8-29-23(36)7-6-22(28(44)45)30-24(37)17-31-9-11-32(18-25(38)39)13-15-34(20-27(42)43)16-14-33(12-10-31)19-26(40)41;1-2/h22H,2-20H2,1H3,(H,29,36)(H,30,37)(H,38,39)(H,40,41)(H,42,43)(H,44,45);1-2H3. The molecule has 1 atom stereocenters. The summed E-state index contributed by atoms with van der Waals surface area (Å²) in [6.45, 7) is 6.47. The Labute approximate surface area is 276 Å². The zero-order valence-electron chi connectivity index (χ0n) is 27.9. The van der Waals surface area contributed by atoms with Crippen LogP contribution in [0.2, 0.25) is 0 Å². The molecule has 0 aromatic rings. The molecule has 1 saturated heterocycles. The molecule has 0 bridgehead atoms. The fourth-order valence-corrected chi connectivity index (χ4v) is 4.75. The van der Waals surface area contributed by atoms with E-state index in [4.69, 9.17) is 0 Å². The van der Waals surface area contributed by atoms with Gasteiger partial charge in [-0.25, -0.2) is 4.79 Å². The molecule has 0 saturated carbocycles. The van der Waals surface area contributed by atoms with Gasteiger partial charge in [-0.1, -0.05) is 20.3 Å². The molecule has 0 aliphatic carbocycles. The van der Waals surface area contributed by atoms with Crippen LogP contribution in [0.25, 0.3) is 0 Å². The zero-order valence-corrected chi connectivity index (χ0v) is 27.9. The lowest BCUT2D eigenvalue weighted by molar-refractivity contribution is -0.142. The van der Waals surface area contributed by atoms with Gasteiger partial charge < -0.3 is 35.9 Å². The Morgan fingerprint density at radius 2 is 0.979 bits per heavy atom. The van der Waals surface area contributed by atoms with Crippen molar-refractivity contribution in [3.63, 3.8) is 0 Å². The van der Waals surface area contributed by atoms with Crippen molar-refractivity contribution in [3.05, 3.63) is 0 Å². The monoisotopic (exact) mass is 674 g/mol. The fourth-order valence-electron chi connectivity index (χ4n) is 4.75. The molecule has 0 spiro atoms. The van der Waals surface area contributed by atoms with E-state index in [0.717, 1.165) is 12.8 Å². The maximum Gasteiger partial charge on any atom is 0.326 e. The van der Waals surface area contributed by atoms with Crippen molar-refractivity contribution >= 4 is 41.5 Å². The van der Waals surface area contributed by atoms with Crippen LogP contribution in [0.3, 0.4) is 0 Å². The molecule has 17 heteroatoms. The van der Waals surface area contributed by atoms with Crippen molar-refractivity contribution < 1.29 is 54.0 Å². The lowest BCUT2D eigenvalue weighted by Gasteiger charge is -2.33. The van der Waals surface area contributed by atoms with Crippen LogP contribution in [0.15, 0.2) is 0 Å². The van der Waals surface area contributed by atoms with Gasteiger partial charge in [-0.3, -0.25) is 43.6 Å².